The zero-order valence-electron chi connectivity index (χ0n) is 9.73. The van der Waals surface area contributed by atoms with Crippen LogP contribution in [0.15, 0.2) is 12.2 Å². The van der Waals surface area contributed by atoms with Crippen molar-refractivity contribution < 1.29 is 4.74 Å². The molecule has 1 fully saturated rings. The highest BCUT2D eigenvalue weighted by atomic mass is 16.5. The van der Waals surface area contributed by atoms with E-state index < -0.39 is 0 Å². The lowest BCUT2D eigenvalue weighted by atomic mass is 9.72. The summed E-state index contributed by atoms with van der Waals surface area (Å²) in [7, 11) is 3.85. The van der Waals surface area contributed by atoms with Gasteiger partial charge < -0.3 is 10.1 Å². The van der Waals surface area contributed by atoms with Gasteiger partial charge in [0.2, 0.25) is 0 Å². The number of likely N-dealkylation sites (N-methyl/N-ethyl adjacent to an activating group) is 1. The van der Waals surface area contributed by atoms with Gasteiger partial charge in [0.15, 0.2) is 0 Å². The van der Waals surface area contributed by atoms with Gasteiger partial charge in [0.05, 0.1) is 5.60 Å². The number of ether oxygens (including phenoxy) is 1. The van der Waals surface area contributed by atoms with Crippen LogP contribution < -0.4 is 5.32 Å². The molecule has 0 aliphatic heterocycles. The van der Waals surface area contributed by atoms with Gasteiger partial charge in [-0.1, -0.05) is 19.1 Å². The number of rotatable bonds is 6. The molecular formula is C12H23NO. The first-order valence-corrected chi connectivity index (χ1v) is 5.57. The SMILES string of the molecule is C=C(CC)CC(NC)C1(OC)CCC1. The van der Waals surface area contributed by atoms with Gasteiger partial charge in [-0.25, -0.2) is 0 Å². The minimum absolute atomic E-state index is 0.0901. The first-order valence-electron chi connectivity index (χ1n) is 5.57. The average molecular weight is 197 g/mol. The molecule has 2 nitrogen and oxygen atoms in total. The van der Waals surface area contributed by atoms with Crippen molar-refractivity contribution in [2.24, 2.45) is 0 Å². The Morgan fingerprint density at radius 1 is 1.57 bits per heavy atom. The fourth-order valence-corrected chi connectivity index (χ4v) is 2.20. The molecule has 0 aromatic rings. The zero-order valence-corrected chi connectivity index (χ0v) is 9.73. The Bertz CT molecular complexity index is 191. The van der Waals surface area contributed by atoms with Crippen molar-refractivity contribution >= 4 is 0 Å². The second kappa shape index (κ2) is 4.94. The summed E-state index contributed by atoms with van der Waals surface area (Å²) >= 11 is 0. The van der Waals surface area contributed by atoms with Crippen LogP contribution in [0.25, 0.3) is 0 Å². The maximum atomic E-state index is 5.67. The second-order valence-corrected chi connectivity index (χ2v) is 4.27. The van der Waals surface area contributed by atoms with Crippen LogP contribution in [-0.4, -0.2) is 25.8 Å². The third-order valence-corrected chi connectivity index (χ3v) is 3.58. The summed E-state index contributed by atoms with van der Waals surface area (Å²) in [5, 5.41) is 3.38. The van der Waals surface area contributed by atoms with E-state index in [0.717, 1.165) is 12.8 Å². The quantitative estimate of drug-likeness (QED) is 0.661. The molecular weight excluding hydrogens is 174 g/mol. The Morgan fingerprint density at radius 2 is 2.21 bits per heavy atom. The Kier molecular flexibility index (Phi) is 4.14. The molecule has 0 saturated heterocycles. The second-order valence-electron chi connectivity index (χ2n) is 4.27. The van der Waals surface area contributed by atoms with E-state index in [0.29, 0.717) is 6.04 Å². The summed E-state index contributed by atoms with van der Waals surface area (Å²) in [5.74, 6) is 0. The van der Waals surface area contributed by atoms with E-state index in [-0.39, 0.29) is 5.60 Å². The van der Waals surface area contributed by atoms with Gasteiger partial charge in [0, 0.05) is 13.2 Å². The largest absolute Gasteiger partial charge is 0.377 e. The van der Waals surface area contributed by atoms with E-state index in [1.165, 1.54) is 24.8 Å². The van der Waals surface area contributed by atoms with Crippen molar-refractivity contribution in [1.82, 2.24) is 5.32 Å². The van der Waals surface area contributed by atoms with Crippen molar-refractivity contribution in [3.8, 4) is 0 Å². The lowest BCUT2D eigenvalue weighted by molar-refractivity contribution is -0.0967. The molecule has 0 radical (unpaired) electrons. The monoisotopic (exact) mass is 197 g/mol. The minimum Gasteiger partial charge on any atom is -0.377 e. The van der Waals surface area contributed by atoms with Gasteiger partial charge in [-0.2, -0.15) is 0 Å². The molecule has 0 aromatic heterocycles. The van der Waals surface area contributed by atoms with Crippen LogP contribution in [0.5, 0.6) is 0 Å². The first-order chi connectivity index (χ1) is 6.68. The smallest absolute Gasteiger partial charge is 0.0834 e. The maximum absolute atomic E-state index is 5.67. The molecule has 0 spiro atoms. The lowest BCUT2D eigenvalue weighted by Gasteiger charge is -2.46. The van der Waals surface area contributed by atoms with Crippen LogP contribution in [0.1, 0.15) is 39.0 Å². The average Bonchev–Trinajstić information content (AvgIpc) is 2.15. The topological polar surface area (TPSA) is 21.3 Å². The first kappa shape index (κ1) is 11.7. The Balaban J connectivity index is 2.55. The van der Waals surface area contributed by atoms with E-state index in [9.17, 15) is 0 Å². The van der Waals surface area contributed by atoms with E-state index in [4.69, 9.17) is 4.74 Å². The predicted molar refractivity (Wildman–Crippen MR) is 60.5 cm³/mol. The van der Waals surface area contributed by atoms with Crippen LogP contribution in [-0.2, 0) is 4.74 Å². The maximum Gasteiger partial charge on any atom is 0.0834 e. The molecule has 1 rings (SSSR count). The van der Waals surface area contributed by atoms with Crippen molar-refractivity contribution in [3.05, 3.63) is 12.2 Å². The highest BCUT2D eigenvalue weighted by molar-refractivity contribution is 5.06. The summed E-state index contributed by atoms with van der Waals surface area (Å²) in [5.41, 5.74) is 1.40. The molecule has 1 unspecified atom stereocenters. The van der Waals surface area contributed by atoms with Gasteiger partial charge in [0.1, 0.15) is 0 Å². The number of hydrogen-bond acceptors (Lipinski definition) is 2. The van der Waals surface area contributed by atoms with Crippen molar-refractivity contribution in [1.29, 1.82) is 0 Å². The molecule has 0 bridgehead atoms. The van der Waals surface area contributed by atoms with Crippen LogP contribution >= 0.6 is 0 Å². The Labute approximate surface area is 87.7 Å². The lowest BCUT2D eigenvalue weighted by Crippen LogP contribution is -2.55. The molecule has 1 saturated carbocycles. The predicted octanol–water partition coefficient (Wildman–Crippen LogP) is 2.50. The molecule has 1 atom stereocenters. The summed E-state index contributed by atoms with van der Waals surface area (Å²) < 4.78 is 5.67. The highest BCUT2D eigenvalue weighted by Gasteiger charge is 2.43. The Morgan fingerprint density at radius 3 is 2.50 bits per heavy atom. The standard InChI is InChI=1S/C12H23NO/c1-5-10(2)9-11(13-3)12(14-4)7-6-8-12/h11,13H,2,5-9H2,1,3-4H3. The van der Waals surface area contributed by atoms with E-state index in [1.54, 1.807) is 0 Å². The summed E-state index contributed by atoms with van der Waals surface area (Å²) in [4.78, 5) is 0. The van der Waals surface area contributed by atoms with Crippen LogP contribution in [0.3, 0.4) is 0 Å². The van der Waals surface area contributed by atoms with Crippen molar-refractivity contribution in [2.45, 2.75) is 50.7 Å². The summed E-state index contributed by atoms with van der Waals surface area (Å²) in [6, 6.07) is 0.439. The van der Waals surface area contributed by atoms with Crippen LogP contribution in [0.2, 0.25) is 0 Å². The van der Waals surface area contributed by atoms with E-state index in [1.807, 2.05) is 14.2 Å². The van der Waals surface area contributed by atoms with Crippen molar-refractivity contribution in [3.63, 3.8) is 0 Å². The molecule has 14 heavy (non-hydrogen) atoms. The minimum atomic E-state index is 0.0901. The van der Waals surface area contributed by atoms with Crippen molar-refractivity contribution in [2.75, 3.05) is 14.2 Å². The van der Waals surface area contributed by atoms with Gasteiger partial charge in [-0.05, 0) is 39.2 Å². The van der Waals surface area contributed by atoms with Gasteiger partial charge in [-0.3, -0.25) is 0 Å². The number of nitrogens with one attached hydrogen (secondary N) is 1. The van der Waals surface area contributed by atoms with Crippen LogP contribution in [0.4, 0.5) is 0 Å². The molecule has 1 aliphatic rings. The summed E-state index contributed by atoms with van der Waals surface area (Å²) in [6.45, 7) is 6.23. The fourth-order valence-electron chi connectivity index (χ4n) is 2.20. The molecule has 0 amide bonds. The van der Waals surface area contributed by atoms with Gasteiger partial charge in [-0.15, -0.1) is 0 Å². The molecule has 82 valence electrons. The zero-order chi connectivity index (χ0) is 10.6. The van der Waals surface area contributed by atoms with Crippen LogP contribution in [0, 0.1) is 0 Å². The van der Waals surface area contributed by atoms with E-state index in [2.05, 4.69) is 18.8 Å². The molecule has 0 aromatic carbocycles. The molecule has 0 heterocycles. The molecule has 2 heteroatoms. The van der Waals surface area contributed by atoms with Gasteiger partial charge in [0.25, 0.3) is 0 Å². The molecule has 1 N–H and O–H groups in total. The summed E-state index contributed by atoms with van der Waals surface area (Å²) in [6.07, 6.45) is 5.78. The molecule has 1 aliphatic carbocycles. The third kappa shape index (κ3) is 2.18. The fraction of sp³-hybridized carbons (Fsp3) is 0.833. The number of methoxy groups -OCH3 is 1. The Hall–Kier alpha value is -0.340. The highest BCUT2D eigenvalue weighted by Crippen LogP contribution is 2.39. The van der Waals surface area contributed by atoms with Gasteiger partial charge >= 0.3 is 0 Å². The van der Waals surface area contributed by atoms with E-state index >= 15 is 0 Å². The number of hydrogen-bond donors (Lipinski definition) is 1. The third-order valence-electron chi connectivity index (χ3n) is 3.58. The normalized spacial score (nSPS) is 21.4.